The highest BCUT2D eigenvalue weighted by Gasteiger charge is 2.63. The van der Waals surface area contributed by atoms with E-state index in [1.165, 1.54) is 22.3 Å². The maximum Gasteiger partial charge on any atom is 0.259 e. The van der Waals surface area contributed by atoms with Crippen LogP contribution in [-0.4, -0.2) is 83.1 Å². The summed E-state index contributed by atoms with van der Waals surface area (Å²) in [7, 11) is -2.38. The second kappa shape index (κ2) is 13.9. The number of carbonyl (C=O) groups is 3. The monoisotopic (exact) mass is 780 g/mol. The topological polar surface area (TPSA) is 183 Å². The van der Waals surface area contributed by atoms with Crippen molar-refractivity contribution in [2.75, 3.05) is 13.7 Å². The van der Waals surface area contributed by atoms with E-state index in [4.69, 9.17) is 25.2 Å². The smallest absolute Gasteiger partial charge is 0.259 e. The van der Waals surface area contributed by atoms with Gasteiger partial charge in [-0.05, 0) is 56.6 Å². The molecule has 1 unspecified atom stereocenters. The molecular weight excluding hydrogens is 729 g/mol. The van der Waals surface area contributed by atoms with E-state index >= 15 is 0 Å². The number of nitrogens with two attached hydrogens (primary N) is 1. The maximum atomic E-state index is 14.5. The third kappa shape index (κ3) is 6.98. The summed E-state index contributed by atoms with van der Waals surface area (Å²) in [5.74, 6) is -1.57. The first-order chi connectivity index (χ1) is 25.2. The zero-order chi connectivity index (χ0) is 39.7. The molecule has 3 fully saturated rings. The van der Waals surface area contributed by atoms with Crippen LogP contribution < -0.4 is 25.2 Å². The Kier molecular flexibility index (Phi) is 10.2. The van der Waals surface area contributed by atoms with Crippen molar-refractivity contribution in [1.82, 2.24) is 24.9 Å². The largest absolute Gasteiger partial charge is 0.496 e. The van der Waals surface area contributed by atoms with Gasteiger partial charge in [-0.2, -0.15) is 0 Å². The fourth-order valence-corrected chi connectivity index (χ4v) is 9.26. The normalized spacial score (nSPS) is 25.3. The number of thiazole rings is 1. The van der Waals surface area contributed by atoms with Crippen molar-refractivity contribution in [3.05, 3.63) is 47.5 Å². The summed E-state index contributed by atoms with van der Waals surface area (Å²) in [6.45, 7) is 18.9. The number of likely N-dealkylation sites (tertiary alicyclic amines) is 1. The molecule has 54 heavy (non-hydrogen) atoms. The maximum absolute atomic E-state index is 14.5. The van der Waals surface area contributed by atoms with Gasteiger partial charge >= 0.3 is 0 Å². The summed E-state index contributed by atoms with van der Waals surface area (Å²) in [6, 6.07) is 3.51. The standard InChI is InChI=1S/C39H52N6O7S2/c1-11-23-17-39(23,36(48)44-54(49,50)38(9)14-15-38)43-33(46)31-22(5)29(18-45(31)35(47)32(40)37(6,7)8)52-28-16-25(34-42-26(19-53-34)20(2)3)41-30-21(4)27(51-10)13-12-24(28)30/h11-13,16,19-20,22-23,29,31-32H,1,14-15,17-18,40H2,2-10H3,(H,43,46)(H,44,48)/t22?,23-,29+,31+,32-,39-/m1/s1. The van der Waals surface area contributed by atoms with Crippen molar-refractivity contribution in [1.29, 1.82) is 0 Å². The van der Waals surface area contributed by atoms with Crippen LogP contribution in [0.1, 0.15) is 84.9 Å². The van der Waals surface area contributed by atoms with Crippen molar-refractivity contribution in [3.63, 3.8) is 0 Å². The number of fused-ring (bicyclic) bond motifs is 1. The van der Waals surface area contributed by atoms with Gasteiger partial charge in [0.25, 0.3) is 5.91 Å². The van der Waals surface area contributed by atoms with Gasteiger partial charge in [0.15, 0.2) is 0 Å². The minimum Gasteiger partial charge on any atom is -0.496 e. The van der Waals surface area contributed by atoms with Gasteiger partial charge in [-0.1, -0.05) is 47.6 Å². The van der Waals surface area contributed by atoms with E-state index in [9.17, 15) is 22.8 Å². The first kappa shape index (κ1) is 39.6. The molecule has 13 nitrogen and oxygen atoms in total. The summed E-state index contributed by atoms with van der Waals surface area (Å²) in [5, 5.41) is 6.32. The molecule has 1 aromatic carbocycles. The highest BCUT2D eigenvalue weighted by atomic mass is 32.2. The minimum absolute atomic E-state index is 0.0295. The number of methoxy groups -OCH3 is 1. The van der Waals surface area contributed by atoms with Crippen molar-refractivity contribution in [2.24, 2.45) is 23.0 Å². The SMILES string of the molecule is C=C[C@@H]1C[C@]1(NC(=O)[C@@H]1C(C)[C@@H](Oc2cc(-c3nc(C(C)C)cs3)nc3c(C)c(OC)ccc23)CN1C(=O)[C@@H](N)C(C)(C)C)C(=O)NS(=O)(=O)C1(C)CC1. The van der Waals surface area contributed by atoms with Gasteiger partial charge in [0.2, 0.25) is 21.8 Å². The number of pyridine rings is 1. The van der Waals surface area contributed by atoms with Gasteiger partial charge in [-0.25, -0.2) is 18.4 Å². The molecule has 0 spiro atoms. The van der Waals surface area contributed by atoms with Crippen LogP contribution in [0.15, 0.2) is 36.2 Å². The molecular formula is C39H52N6O7S2. The number of hydrogen-bond acceptors (Lipinski definition) is 11. The van der Waals surface area contributed by atoms with Crippen LogP contribution in [0.3, 0.4) is 0 Å². The average Bonchev–Trinajstić information content (AvgIpc) is 3.92. The lowest BCUT2D eigenvalue weighted by molar-refractivity contribution is -0.143. The van der Waals surface area contributed by atoms with E-state index in [2.05, 4.69) is 30.5 Å². The molecule has 3 aromatic rings. The Bertz CT molecular complexity index is 2120. The lowest BCUT2D eigenvalue weighted by Gasteiger charge is -2.33. The van der Waals surface area contributed by atoms with Crippen molar-refractivity contribution in [2.45, 2.75) is 109 Å². The zero-order valence-electron chi connectivity index (χ0n) is 32.5. The number of amides is 3. The Labute approximate surface area is 321 Å². The van der Waals surface area contributed by atoms with E-state index in [1.54, 1.807) is 14.0 Å². The number of carbonyl (C=O) groups excluding carboxylic acids is 3. The fourth-order valence-electron chi connectivity index (χ4n) is 7.01. The summed E-state index contributed by atoms with van der Waals surface area (Å²) in [5.41, 5.74) is 7.39. The molecule has 0 bridgehead atoms. The number of nitrogens with zero attached hydrogens (tertiary/aromatic N) is 3. The second-order valence-electron chi connectivity index (χ2n) is 16.7. The van der Waals surface area contributed by atoms with E-state index in [-0.39, 0.29) is 18.9 Å². The molecule has 292 valence electrons. The van der Waals surface area contributed by atoms with E-state index in [0.29, 0.717) is 35.6 Å². The number of ether oxygens (including phenoxy) is 2. The predicted molar refractivity (Wildman–Crippen MR) is 209 cm³/mol. The average molecular weight is 781 g/mol. The first-order valence-corrected chi connectivity index (χ1v) is 20.7. The van der Waals surface area contributed by atoms with Crippen LogP contribution in [0.2, 0.25) is 0 Å². The number of aromatic nitrogens is 2. The number of aryl methyl sites for hydroxylation is 1. The van der Waals surface area contributed by atoms with E-state index in [1.807, 2.05) is 58.2 Å². The molecule has 2 aromatic heterocycles. The molecule has 2 aliphatic carbocycles. The van der Waals surface area contributed by atoms with Crippen molar-refractivity contribution >= 4 is 50.0 Å². The molecule has 3 heterocycles. The van der Waals surface area contributed by atoms with Gasteiger partial charge in [-0.3, -0.25) is 19.1 Å². The van der Waals surface area contributed by atoms with E-state index in [0.717, 1.165) is 21.7 Å². The highest BCUT2D eigenvalue weighted by Crippen LogP contribution is 2.47. The molecule has 3 aliphatic rings. The minimum atomic E-state index is -3.98. The number of benzene rings is 1. The molecule has 1 saturated heterocycles. The van der Waals surface area contributed by atoms with Gasteiger partial charge in [-0.15, -0.1) is 17.9 Å². The van der Waals surface area contributed by atoms with Crippen LogP contribution >= 0.6 is 11.3 Å². The van der Waals surface area contributed by atoms with Crippen LogP contribution in [-0.2, 0) is 24.4 Å². The summed E-state index contributed by atoms with van der Waals surface area (Å²) >= 11 is 1.49. The quantitative estimate of drug-likeness (QED) is 0.216. The van der Waals surface area contributed by atoms with Crippen LogP contribution in [0, 0.1) is 24.2 Å². The lowest BCUT2D eigenvalue weighted by atomic mass is 9.86. The van der Waals surface area contributed by atoms with Crippen molar-refractivity contribution < 1.29 is 32.3 Å². The molecule has 3 amide bonds. The van der Waals surface area contributed by atoms with Gasteiger partial charge in [0, 0.05) is 34.2 Å². The van der Waals surface area contributed by atoms with Crippen LogP contribution in [0.25, 0.3) is 21.6 Å². The summed E-state index contributed by atoms with van der Waals surface area (Å²) in [6.07, 6.45) is 1.89. The number of nitrogens with one attached hydrogen (secondary N) is 2. The summed E-state index contributed by atoms with van der Waals surface area (Å²) < 4.78 is 39.7. The Hall–Kier alpha value is -4.08. The number of rotatable bonds is 12. The Morgan fingerprint density at radius 3 is 2.41 bits per heavy atom. The lowest BCUT2D eigenvalue weighted by Crippen LogP contribution is -2.60. The Morgan fingerprint density at radius 1 is 1.17 bits per heavy atom. The second-order valence-corrected chi connectivity index (χ2v) is 19.8. The molecule has 0 radical (unpaired) electrons. The molecule has 1 aliphatic heterocycles. The molecule has 15 heteroatoms. The highest BCUT2D eigenvalue weighted by molar-refractivity contribution is 7.91. The molecule has 2 saturated carbocycles. The number of hydrogen-bond donors (Lipinski definition) is 3. The molecule has 6 rings (SSSR count). The van der Waals surface area contributed by atoms with Crippen LogP contribution in [0.4, 0.5) is 0 Å². The Morgan fingerprint density at radius 2 is 1.85 bits per heavy atom. The molecule has 6 atom stereocenters. The summed E-state index contributed by atoms with van der Waals surface area (Å²) in [4.78, 5) is 53.6. The van der Waals surface area contributed by atoms with Crippen LogP contribution in [0.5, 0.6) is 11.5 Å². The van der Waals surface area contributed by atoms with Gasteiger partial charge in [0.1, 0.15) is 39.9 Å². The number of sulfonamides is 1. The Balaban J connectivity index is 1.36. The third-order valence-corrected chi connectivity index (χ3v) is 14.4. The van der Waals surface area contributed by atoms with Gasteiger partial charge in [0.05, 0.1) is 35.7 Å². The third-order valence-electron chi connectivity index (χ3n) is 11.4. The fraction of sp³-hybridized carbons (Fsp3) is 0.564. The molecule has 4 N–H and O–H groups in total. The first-order valence-electron chi connectivity index (χ1n) is 18.4. The predicted octanol–water partition coefficient (Wildman–Crippen LogP) is 4.83. The van der Waals surface area contributed by atoms with Crippen molar-refractivity contribution in [3.8, 4) is 22.2 Å². The van der Waals surface area contributed by atoms with Gasteiger partial charge < -0.3 is 25.4 Å². The van der Waals surface area contributed by atoms with E-state index < -0.39 is 73.5 Å². The zero-order valence-corrected chi connectivity index (χ0v) is 34.1.